The van der Waals surface area contributed by atoms with Gasteiger partial charge in [0.1, 0.15) is 5.75 Å². The third-order valence-electron chi connectivity index (χ3n) is 3.81. The van der Waals surface area contributed by atoms with Gasteiger partial charge in [-0.25, -0.2) is 0 Å². The highest BCUT2D eigenvalue weighted by atomic mass is 19.4. The summed E-state index contributed by atoms with van der Waals surface area (Å²) in [5.41, 5.74) is 0.364. The van der Waals surface area contributed by atoms with E-state index in [0.717, 1.165) is 25.0 Å². The van der Waals surface area contributed by atoms with Crippen molar-refractivity contribution in [1.29, 1.82) is 0 Å². The number of amides is 1. The molecule has 0 N–H and O–H groups in total. The Morgan fingerprint density at radius 1 is 1.14 bits per heavy atom. The fraction of sp³-hybridized carbons (Fsp3) is 0.500. The summed E-state index contributed by atoms with van der Waals surface area (Å²) in [5.74, 6) is -0.492. The average Bonchev–Trinajstić information content (AvgIpc) is 2.66. The molecule has 2 atom stereocenters. The van der Waals surface area contributed by atoms with Gasteiger partial charge in [-0.15, -0.1) is 13.2 Å². The number of hydrogen-bond donors (Lipinski definition) is 0. The van der Waals surface area contributed by atoms with Crippen molar-refractivity contribution >= 4 is 5.91 Å². The van der Waals surface area contributed by atoms with E-state index < -0.39 is 6.36 Å². The molecule has 4 nitrogen and oxygen atoms in total. The lowest BCUT2D eigenvalue weighted by molar-refractivity contribution is -0.274. The molecule has 2 unspecified atom stereocenters. The van der Waals surface area contributed by atoms with Gasteiger partial charge >= 0.3 is 6.36 Å². The summed E-state index contributed by atoms with van der Waals surface area (Å²) in [6.45, 7) is 1.05. The number of halogens is 3. The molecule has 1 amide bonds. The summed E-state index contributed by atoms with van der Waals surface area (Å²) >= 11 is 0. The van der Waals surface area contributed by atoms with Crippen molar-refractivity contribution in [3.8, 4) is 5.75 Å². The molecule has 0 spiro atoms. The van der Waals surface area contributed by atoms with Crippen LogP contribution in [0.5, 0.6) is 5.75 Å². The van der Waals surface area contributed by atoms with Crippen molar-refractivity contribution < 1.29 is 27.4 Å². The summed E-state index contributed by atoms with van der Waals surface area (Å²) in [6, 6.07) is 5.17. The summed E-state index contributed by atoms with van der Waals surface area (Å²) in [4.78, 5) is 14.3. The SMILES string of the molecule is O=C(c1ccc(OC(F)(F)F)cc1)N1C2CCC1COC2. The van der Waals surface area contributed by atoms with Gasteiger partial charge in [0.15, 0.2) is 0 Å². The first kappa shape index (κ1) is 14.2. The zero-order valence-corrected chi connectivity index (χ0v) is 11.1. The van der Waals surface area contributed by atoms with Crippen molar-refractivity contribution in [3.05, 3.63) is 29.8 Å². The molecule has 2 aliphatic heterocycles. The van der Waals surface area contributed by atoms with Crippen LogP contribution >= 0.6 is 0 Å². The van der Waals surface area contributed by atoms with E-state index in [0.29, 0.717) is 18.8 Å². The average molecular weight is 301 g/mol. The van der Waals surface area contributed by atoms with Gasteiger partial charge in [-0.3, -0.25) is 4.79 Å². The maximum Gasteiger partial charge on any atom is 0.573 e. The summed E-state index contributed by atoms with van der Waals surface area (Å²) < 4.78 is 45.5. The van der Waals surface area contributed by atoms with E-state index >= 15 is 0 Å². The largest absolute Gasteiger partial charge is 0.573 e. The fourth-order valence-electron chi connectivity index (χ4n) is 2.91. The lowest BCUT2D eigenvalue weighted by atomic mass is 10.1. The molecule has 7 heteroatoms. The van der Waals surface area contributed by atoms with Gasteiger partial charge in [-0.1, -0.05) is 0 Å². The molecule has 0 aromatic heterocycles. The highest BCUT2D eigenvalue weighted by molar-refractivity contribution is 5.95. The predicted molar refractivity (Wildman–Crippen MR) is 66.9 cm³/mol. The Morgan fingerprint density at radius 2 is 1.71 bits per heavy atom. The zero-order valence-electron chi connectivity index (χ0n) is 11.1. The molecule has 0 radical (unpaired) electrons. The second-order valence-corrected chi connectivity index (χ2v) is 5.21. The molecular weight excluding hydrogens is 287 g/mol. The number of carbonyl (C=O) groups excluding carboxylic acids is 1. The fourth-order valence-corrected chi connectivity index (χ4v) is 2.91. The number of ether oxygens (including phenoxy) is 2. The van der Waals surface area contributed by atoms with E-state index in [1.54, 1.807) is 4.90 Å². The maximum absolute atomic E-state index is 12.5. The van der Waals surface area contributed by atoms with Crippen LogP contribution in [0.25, 0.3) is 0 Å². The van der Waals surface area contributed by atoms with Crippen molar-refractivity contribution in [1.82, 2.24) is 4.90 Å². The van der Waals surface area contributed by atoms with E-state index in [1.165, 1.54) is 12.1 Å². The zero-order chi connectivity index (χ0) is 15.0. The molecule has 0 aliphatic carbocycles. The normalized spacial score (nSPS) is 25.0. The molecular formula is C14H14F3NO3. The topological polar surface area (TPSA) is 38.8 Å². The standard InChI is InChI=1S/C14H14F3NO3/c15-14(16,17)21-12-5-1-9(2-6-12)13(19)18-10-3-4-11(18)8-20-7-10/h1-2,5-6,10-11H,3-4,7-8H2. The molecule has 2 bridgehead atoms. The number of nitrogens with zero attached hydrogens (tertiary/aromatic N) is 1. The van der Waals surface area contributed by atoms with E-state index in [4.69, 9.17) is 4.74 Å². The molecule has 2 heterocycles. The van der Waals surface area contributed by atoms with Gasteiger partial charge in [0, 0.05) is 5.56 Å². The second-order valence-electron chi connectivity index (χ2n) is 5.21. The summed E-state index contributed by atoms with van der Waals surface area (Å²) in [5, 5.41) is 0. The predicted octanol–water partition coefficient (Wildman–Crippen LogP) is 2.59. The van der Waals surface area contributed by atoms with E-state index in [-0.39, 0.29) is 23.7 Å². The van der Waals surface area contributed by atoms with Crippen LogP contribution in [0.3, 0.4) is 0 Å². The first-order valence-electron chi connectivity index (χ1n) is 6.70. The number of fused-ring (bicyclic) bond motifs is 2. The first-order chi connectivity index (χ1) is 9.94. The lowest BCUT2D eigenvalue weighted by Crippen LogP contribution is -2.49. The van der Waals surface area contributed by atoms with Crippen LogP contribution in [-0.2, 0) is 4.74 Å². The smallest absolute Gasteiger partial charge is 0.406 e. The van der Waals surface area contributed by atoms with E-state index in [2.05, 4.69) is 4.74 Å². The molecule has 114 valence electrons. The highest BCUT2D eigenvalue weighted by Crippen LogP contribution is 2.31. The third-order valence-corrected chi connectivity index (χ3v) is 3.81. The maximum atomic E-state index is 12.5. The minimum atomic E-state index is -4.73. The summed E-state index contributed by atoms with van der Waals surface area (Å²) in [7, 11) is 0. The number of rotatable bonds is 2. The first-order valence-corrected chi connectivity index (χ1v) is 6.70. The lowest BCUT2D eigenvalue weighted by Gasteiger charge is -2.34. The Hall–Kier alpha value is -1.76. The van der Waals surface area contributed by atoms with E-state index in [9.17, 15) is 18.0 Å². The molecule has 1 aromatic rings. The van der Waals surface area contributed by atoms with Gasteiger partial charge in [0.25, 0.3) is 5.91 Å². The van der Waals surface area contributed by atoms with Crippen LogP contribution in [-0.4, -0.2) is 42.5 Å². The highest BCUT2D eigenvalue weighted by Gasteiger charge is 2.40. The van der Waals surface area contributed by atoms with Crippen molar-refractivity contribution in [2.45, 2.75) is 31.3 Å². The van der Waals surface area contributed by atoms with Gasteiger partial charge in [0.05, 0.1) is 25.3 Å². The van der Waals surface area contributed by atoms with Gasteiger partial charge in [-0.2, -0.15) is 0 Å². The molecule has 3 rings (SSSR count). The molecule has 0 saturated carbocycles. The Morgan fingerprint density at radius 3 is 2.24 bits per heavy atom. The molecule has 21 heavy (non-hydrogen) atoms. The van der Waals surface area contributed by atoms with Crippen LogP contribution in [0, 0.1) is 0 Å². The quantitative estimate of drug-likeness (QED) is 0.843. The van der Waals surface area contributed by atoms with Crippen LogP contribution in [0.4, 0.5) is 13.2 Å². The molecule has 1 aromatic carbocycles. The van der Waals surface area contributed by atoms with Crippen LogP contribution < -0.4 is 4.74 Å². The van der Waals surface area contributed by atoms with Gasteiger partial charge in [-0.05, 0) is 37.1 Å². The number of carbonyl (C=O) groups is 1. The number of hydrogen-bond acceptors (Lipinski definition) is 3. The Labute approximate surface area is 119 Å². The number of alkyl halides is 3. The van der Waals surface area contributed by atoms with Gasteiger partial charge < -0.3 is 14.4 Å². The minimum absolute atomic E-state index is 0.0716. The Kier molecular flexibility index (Phi) is 3.52. The molecule has 2 fully saturated rings. The minimum Gasteiger partial charge on any atom is -0.406 e. The molecule has 2 aliphatic rings. The van der Waals surface area contributed by atoms with Crippen molar-refractivity contribution in [2.75, 3.05) is 13.2 Å². The van der Waals surface area contributed by atoms with Crippen molar-refractivity contribution in [2.24, 2.45) is 0 Å². The second kappa shape index (κ2) is 5.22. The van der Waals surface area contributed by atoms with E-state index in [1.807, 2.05) is 0 Å². The van der Waals surface area contributed by atoms with Crippen LogP contribution in [0.1, 0.15) is 23.2 Å². The Bertz CT molecular complexity index is 513. The van der Waals surface area contributed by atoms with Gasteiger partial charge in [0.2, 0.25) is 0 Å². The number of benzene rings is 1. The number of morpholine rings is 1. The third kappa shape index (κ3) is 2.97. The monoisotopic (exact) mass is 301 g/mol. The van der Waals surface area contributed by atoms with Crippen LogP contribution in [0.15, 0.2) is 24.3 Å². The molecule has 2 saturated heterocycles. The van der Waals surface area contributed by atoms with Crippen LogP contribution in [0.2, 0.25) is 0 Å². The Balaban J connectivity index is 1.73. The van der Waals surface area contributed by atoms with Crippen molar-refractivity contribution in [3.63, 3.8) is 0 Å². The summed E-state index contributed by atoms with van der Waals surface area (Å²) in [6.07, 6.45) is -2.91.